The quantitative estimate of drug-likeness (QED) is 0.730. The van der Waals surface area contributed by atoms with Crippen molar-refractivity contribution < 1.29 is 4.79 Å². The number of hydrogen-bond donors (Lipinski definition) is 1. The van der Waals surface area contributed by atoms with Gasteiger partial charge in [-0.2, -0.15) is 0 Å². The molecule has 0 bridgehead atoms. The van der Waals surface area contributed by atoms with Crippen LogP contribution in [0.15, 0.2) is 41.9 Å². The summed E-state index contributed by atoms with van der Waals surface area (Å²) >= 11 is 1.58. The number of amides is 1. The lowest BCUT2D eigenvalue weighted by atomic mass is 10.2. The van der Waals surface area contributed by atoms with Crippen molar-refractivity contribution >= 4 is 28.7 Å². The predicted molar refractivity (Wildman–Crippen MR) is 91.3 cm³/mol. The molecule has 6 nitrogen and oxygen atoms in total. The third kappa shape index (κ3) is 2.96. The van der Waals surface area contributed by atoms with E-state index in [1.807, 2.05) is 53.6 Å². The highest BCUT2D eigenvalue weighted by Crippen LogP contribution is 2.18. The fourth-order valence-electron chi connectivity index (χ4n) is 2.52. The van der Waals surface area contributed by atoms with Crippen LogP contribution in [0, 0.1) is 0 Å². The smallest absolute Gasteiger partial charge is 0.243 e. The summed E-state index contributed by atoms with van der Waals surface area (Å²) in [6, 6.07) is 7.48. The largest absolute Gasteiger partial charge is 0.349 e. The maximum Gasteiger partial charge on any atom is 0.243 e. The number of carbonyl (C=O) groups is 1. The Hall–Kier alpha value is -2.28. The van der Waals surface area contributed by atoms with Gasteiger partial charge in [0.05, 0.1) is 35.8 Å². The van der Waals surface area contributed by atoms with Gasteiger partial charge in [-0.3, -0.25) is 4.79 Å². The normalized spacial score (nSPS) is 12.5. The number of rotatable bonds is 5. The highest BCUT2D eigenvalue weighted by atomic mass is 32.2. The lowest BCUT2D eigenvalue weighted by molar-refractivity contribution is -0.124. The molecule has 7 heteroatoms. The summed E-state index contributed by atoms with van der Waals surface area (Å²) in [5.74, 6) is -0.0416. The zero-order valence-electron chi connectivity index (χ0n) is 13.4. The van der Waals surface area contributed by atoms with Crippen molar-refractivity contribution in [3.8, 4) is 0 Å². The molecule has 0 saturated heterocycles. The van der Waals surface area contributed by atoms with Gasteiger partial charge in [0.1, 0.15) is 6.04 Å². The Morgan fingerprint density at radius 2 is 2.13 bits per heavy atom. The molecule has 1 amide bonds. The molecule has 1 N–H and O–H groups in total. The average Bonchev–Trinajstić information content (AvgIpc) is 3.15. The summed E-state index contributed by atoms with van der Waals surface area (Å²) in [4.78, 5) is 21.1. The lowest BCUT2D eigenvalue weighted by Crippen LogP contribution is -2.30. The zero-order valence-corrected chi connectivity index (χ0v) is 14.2. The van der Waals surface area contributed by atoms with E-state index in [9.17, 15) is 4.79 Å². The standard InChI is InChI=1S/C16H19N5OS/c1-11(21-10-19-13-6-4-5-7-14(13)21)15(22)17-8-12-9-18-16(23-3)20(12)2/h4-7,9-11H,8H2,1-3H3,(H,17,22). The van der Waals surface area contributed by atoms with Crippen molar-refractivity contribution in [3.63, 3.8) is 0 Å². The van der Waals surface area contributed by atoms with Crippen molar-refractivity contribution in [3.05, 3.63) is 42.5 Å². The van der Waals surface area contributed by atoms with E-state index in [0.29, 0.717) is 6.54 Å². The van der Waals surface area contributed by atoms with Gasteiger partial charge in [0.15, 0.2) is 5.16 Å². The molecule has 120 valence electrons. The summed E-state index contributed by atoms with van der Waals surface area (Å²) in [6.07, 6.45) is 5.49. The van der Waals surface area contributed by atoms with Gasteiger partial charge in [-0.25, -0.2) is 9.97 Å². The van der Waals surface area contributed by atoms with E-state index < -0.39 is 0 Å². The number of carbonyl (C=O) groups excluding carboxylic acids is 1. The monoisotopic (exact) mass is 329 g/mol. The van der Waals surface area contributed by atoms with Crippen LogP contribution >= 0.6 is 11.8 Å². The summed E-state index contributed by atoms with van der Waals surface area (Å²) in [5, 5.41) is 3.91. The van der Waals surface area contributed by atoms with Gasteiger partial charge in [-0.15, -0.1) is 0 Å². The minimum absolute atomic E-state index is 0.0416. The molecule has 3 aromatic rings. The first-order valence-corrected chi connectivity index (χ1v) is 8.58. The number of imidazole rings is 2. The SMILES string of the molecule is CSc1ncc(CNC(=O)C(C)n2cnc3ccccc32)n1C. The second kappa shape index (κ2) is 6.45. The number of fused-ring (bicyclic) bond motifs is 1. The minimum Gasteiger partial charge on any atom is -0.349 e. The van der Waals surface area contributed by atoms with Crippen LogP contribution in [-0.2, 0) is 18.4 Å². The van der Waals surface area contributed by atoms with Gasteiger partial charge < -0.3 is 14.5 Å². The number of hydrogen-bond acceptors (Lipinski definition) is 4. The second-order valence-electron chi connectivity index (χ2n) is 5.33. The molecule has 23 heavy (non-hydrogen) atoms. The van der Waals surface area contributed by atoms with E-state index >= 15 is 0 Å². The average molecular weight is 329 g/mol. The molecule has 0 saturated carbocycles. The maximum absolute atomic E-state index is 12.5. The third-order valence-corrected chi connectivity index (χ3v) is 4.69. The van der Waals surface area contributed by atoms with Gasteiger partial charge >= 0.3 is 0 Å². The minimum atomic E-state index is -0.323. The number of thioether (sulfide) groups is 1. The molecule has 2 heterocycles. The zero-order chi connectivity index (χ0) is 16.4. The summed E-state index contributed by atoms with van der Waals surface area (Å²) in [7, 11) is 1.95. The Labute approximate surface area is 138 Å². The molecule has 1 aromatic carbocycles. The predicted octanol–water partition coefficient (Wildman–Crippen LogP) is 2.37. The lowest BCUT2D eigenvalue weighted by Gasteiger charge is -2.15. The van der Waals surface area contributed by atoms with Crippen LogP contribution in [0.2, 0.25) is 0 Å². The number of benzene rings is 1. The Morgan fingerprint density at radius 3 is 2.87 bits per heavy atom. The van der Waals surface area contributed by atoms with Gasteiger partial charge in [0.2, 0.25) is 5.91 Å². The number of nitrogens with zero attached hydrogens (tertiary/aromatic N) is 4. The second-order valence-corrected chi connectivity index (χ2v) is 6.10. The van der Waals surface area contributed by atoms with E-state index in [2.05, 4.69) is 15.3 Å². The number of para-hydroxylation sites is 2. The van der Waals surface area contributed by atoms with Crippen LogP contribution in [0.3, 0.4) is 0 Å². The summed E-state index contributed by atoms with van der Waals surface area (Å²) < 4.78 is 3.88. The van der Waals surface area contributed by atoms with E-state index in [-0.39, 0.29) is 11.9 Å². The van der Waals surface area contributed by atoms with Crippen molar-refractivity contribution in [1.29, 1.82) is 0 Å². The van der Waals surface area contributed by atoms with E-state index in [0.717, 1.165) is 21.9 Å². The molecule has 1 unspecified atom stereocenters. The van der Waals surface area contributed by atoms with Crippen LogP contribution in [0.25, 0.3) is 11.0 Å². The Balaban J connectivity index is 1.71. The van der Waals surface area contributed by atoms with Crippen LogP contribution in [0.5, 0.6) is 0 Å². The Morgan fingerprint density at radius 1 is 1.35 bits per heavy atom. The first-order chi connectivity index (χ1) is 11.1. The Kier molecular flexibility index (Phi) is 4.38. The molecule has 0 aliphatic rings. The number of aromatic nitrogens is 4. The van der Waals surface area contributed by atoms with Crippen LogP contribution < -0.4 is 5.32 Å². The summed E-state index contributed by atoms with van der Waals surface area (Å²) in [6.45, 7) is 2.33. The first-order valence-electron chi connectivity index (χ1n) is 7.35. The molecular formula is C16H19N5OS. The van der Waals surface area contributed by atoms with Crippen molar-refractivity contribution in [1.82, 2.24) is 24.4 Å². The molecule has 3 rings (SSSR count). The van der Waals surface area contributed by atoms with Gasteiger partial charge in [0, 0.05) is 7.05 Å². The molecule has 0 aliphatic heterocycles. The van der Waals surface area contributed by atoms with Crippen LogP contribution in [-0.4, -0.2) is 31.3 Å². The van der Waals surface area contributed by atoms with E-state index in [1.54, 1.807) is 24.3 Å². The van der Waals surface area contributed by atoms with Gasteiger partial charge in [-0.1, -0.05) is 23.9 Å². The first kappa shape index (κ1) is 15.6. The molecule has 0 fully saturated rings. The van der Waals surface area contributed by atoms with E-state index in [4.69, 9.17) is 0 Å². The van der Waals surface area contributed by atoms with E-state index in [1.165, 1.54) is 0 Å². The topological polar surface area (TPSA) is 64.7 Å². The van der Waals surface area contributed by atoms with Crippen LogP contribution in [0.4, 0.5) is 0 Å². The molecule has 1 atom stereocenters. The van der Waals surface area contributed by atoms with Gasteiger partial charge in [0.25, 0.3) is 0 Å². The van der Waals surface area contributed by atoms with Crippen molar-refractivity contribution in [2.24, 2.45) is 7.05 Å². The fraction of sp³-hybridized carbons (Fsp3) is 0.312. The highest BCUT2D eigenvalue weighted by molar-refractivity contribution is 7.98. The maximum atomic E-state index is 12.5. The third-order valence-electron chi connectivity index (χ3n) is 3.95. The summed E-state index contributed by atoms with van der Waals surface area (Å²) in [5.41, 5.74) is 2.83. The van der Waals surface area contributed by atoms with Gasteiger partial charge in [-0.05, 0) is 25.3 Å². The fourth-order valence-corrected chi connectivity index (χ4v) is 3.07. The number of nitrogens with one attached hydrogen (secondary N) is 1. The molecule has 0 aliphatic carbocycles. The molecule has 2 aromatic heterocycles. The molecule has 0 radical (unpaired) electrons. The molecular weight excluding hydrogens is 310 g/mol. The van der Waals surface area contributed by atoms with Crippen LogP contribution in [0.1, 0.15) is 18.7 Å². The highest BCUT2D eigenvalue weighted by Gasteiger charge is 2.17. The van der Waals surface area contributed by atoms with Crippen molar-refractivity contribution in [2.75, 3.05) is 6.26 Å². The Bertz CT molecular complexity index is 838. The molecule has 0 spiro atoms. The van der Waals surface area contributed by atoms with Crippen molar-refractivity contribution in [2.45, 2.75) is 24.7 Å².